The highest BCUT2D eigenvalue weighted by molar-refractivity contribution is 5.43. The predicted molar refractivity (Wildman–Crippen MR) is 83.9 cm³/mol. The van der Waals surface area contributed by atoms with Gasteiger partial charge in [-0.3, -0.25) is 0 Å². The van der Waals surface area contributed by atoms with E-state index in [-0.39, 0.29) is 0 Å². The number of fused-ring (bicyclic) bond motifs is 1. The van der Waals surface area contributed by atoms with Gasteiger partial charge in [-0.2, -0.15) is 0 Å². The van der Waals surface area contributed by atoms with E-state index >= 15 is 0 Å². The van der Waals surface area contributed by atoms with Gasteiger partial charge in [0.25, 0.3) is 0 Å². The minimum absolute atomic E-state index is 0.318. The van der Waals surface area contributed by atoms with E-state index in [4.69, 9.17) is 9.47 Å². The van der Waals surface area contributed by atoms with E-state index in [9.17, 15) is 0 Å². The van der Waals surface area contributed by atoms with Crippen LogP contribution in [0, 0.1) is 6.92 Å². The maximum Gasteiger partial charge on any atom is 0.161 e. The van der Waals surface area contributed by atoms with Crippen molar-refractivity contribution in [2.24, 2.45) is 0 Å². The molecule has 0 saturated heterocycles. The van der Waals surface area contributed by atoms with Crippen LogP contribution in [-0.2, 0) is 6.54 Å². The number of hydrogen-bond donors (Lipinski definition) is 1. The van der Waals surface area contributed by atoms with Gasteiger partial charge in [-0.1, -0.05) is 35.9 Å². The maximum atomic E-state index is 5.62. The van der Waals surface area contributed by atoms with E-state index < -0.39 is 0 Å². The van der Waals surface area contributed by atoms with Crippen LogP contribution in [0.2, 0.25) is 0 Å². The molecule has 0 aliphatic carbocycles. The van der Waals surface area contributed by atoms with Gasteiger partial charge in [0.15, 0.2) is 11.5 Å². The second kappa shape index (κ2) is 6.19. The zero-order chi connectivity index (χ0) is 14.7. The summed E-state index contributed by atoms with van der Waals surface area (Å²) in [4.78, 5) is 0. The van der Waals surface area contributed by atoms with Crippen molar-refractivity contribution in [3.8, 4) is 11.5 Å². The van der Waals surface area contributed by atoms with Crippen LogP contribution in [0.15, 0.2) is 42.5 Å². The number of aryl methyl sites for hydroxylation is 1. The standard InChI is InChI=1S/C18H21NO2/c1-13-3-6-16(7-4-13)14(2)19-12-15-5-8-17-18(11-15)21-10-9-20-17/h3-8,11,14,19H,9-10,12H2,1-2H3. The van der Waals surface area contributed by atoms with Crippen LogP contribution in [0.5, 0.6) is 11.5 Å². The molecule has 0 amide bonds. The molecule has 21 heavy (non-hydrogen) atoms. The minimum Gasteiger partial charge on any atom is -0.486 e. The van der Waals surface area contributed by atoms with Crippen molar-refractivity contribution in [3.05, 3.63) is 59.2 Å². The summed E-state index contributed by atoms with van der Waals surface area (Å²) in [5.41, 5.74) is 3.80. The van der Waals surface area contributed by atoms with Gasteiger partial charge >= 0.3 is 0 Å². The highest BCUT2D eigenvalue weighted by Gasteiger charge is 2.12. The lowest BCUT2D eigenvalue weighted by atomic mass is 10.1. The van der Waals surface area contributed by atoms with E-state index in [0.29, 0.717) is 19.3 Å². The van der Waals surface area contributed by atoms with Crippen molar-refractivity contribution in [1.82, 2.24) is 5.32 Å². The van der Waals surface area contributed by atoms with E-state index in [1.807, 2.05) is 6.07 Å². The lowest BCUT2D eigenvalue weighted by Crippen LogP contribution is -2.19. The van der Waals surface area contributed by atoms with Crippen LogP contribution in [0.4, 0.5) is 0 Å². The lowest BCUT2D eigenvalue weighted by Gasteiger charge is -2.20. The summed E-state index contributed by atoms with van der Waals surface area (Å²) in [5, 5.41) is 3.55. The van der Waals surface area contributed by atoms with Crippen LogP contribution in [0.25, 0.3) is 0 Å². The smallest absolute Gasteiger partial charge is 0.161 e. The SMILES string of the molecule is Cc1ccc(C(C)NCc2ccc3c(c2)OCCO3)cc1. The van der Waals surface area contributed by atoms with Crippen molar-refractivity contribution in [2.75, 3.05) is 13.2 Å². The van der Waals surface area contributed by atoms with Gasteiger partial charge in [0.2, 0.25) is 0 Å². The number of benzene rings is 2. The molecule has 0 aromatic heterocycles. The average molecular weight is 283 g/mol. The normalized spacial score (nSPS) is 14.8. The summed E-state index contributed by atoms with van der Waals surface area (Å²) in [6.07, 6.45) is 0. The maximum absolute atomic E-state index is 5.62. The number of hydrogen-bond acceptors (Lipinski definition) is 3. The fraction of sp³-hybridized carbons (Fsp3) is 0.333. The van der Waals surface area contributed by atoms with Gasteiger partial charge in [-0.15, -0.1) is 0 Å². The molecule has 0 spiro atoms. The zero-order valence-electron chi connectivity index (χ0n) is 12.6. The Morgan fingerprint density at radius 1 is 1.00 bits per heavy atom. The average Bonchev–Trinajstić information content (AvgIpc) is 2.53. The van der Waals surface area contributed by atoms with Gasteiger partial charge in [-0.25, -0.2) is 0 Å². The Morgan fingerprint density at radius 3 is 2.48 bits per heavy atom. The third kappa shape index (κ3) is 3.37. The van der Waals surface area contributed by atoms with E-state index in [1.54, 1.807) is 0 Å². The second-order valence-electron chi connectivity index (χ2n) is 5.49. The molecule has 3 heteroatoms. The van der Waals surface area contributed by atoms with Gasteiger partial charge in [0.1, 0.15) is 13.2 Å². The fourth-order valence-electron chi connectivity index (χ4n) is 2.44. The Bertz CT molecular complexity index is 607. The molecular weight excluding hydrogens is 262 g/mol. The van der Waals surface area contributed by atoms with Crippen molar-refractivity contribution in [1.29, 1.82) is 0 Å². The van der Waals surface area contributed by atoms with Gasteiger partial charge < -0.3 is 14.8 Å². The van der Waals surface area contributed by atoms with Gasteiger partial charge in [-0.05, 0) is 37.1 Å². The minimum atomic E-state index is 0.318. The van der Waals surface area contributed by atoms with Crippen molar-refractivity contribution in [2.45, 2.75) is 26.4 Å². The molecular formula is C18H21NO2. The first-order valence-corrected chi connectivity index (χ1v) is 7.41. The van der Waals surface area contributed by atoms with Crippen LogP contribution >= 0.6 is 0 Å². The number of rotatable bonds is 4. The van der Waals surface area contributed by atoms with Crippen LogP contribution < -0.4 is 14.8 Å². The predicted octanol–water partition coefficient (Wildman–Crippen LogP) is 3.62. The molecule has 2 aromatic rings. The highest BCUT2D eigenvalue weighted by Crippen LogP contribution is 2.30. The fourth-order valence-corrected chi connectivity index (χ4v) is 2.44. The van der Waals surface area contributed by atoms with E-state index in [1.165, 1.54) is 16.7 Å². The van der Waals surface area contributed by atoms with Crippen LogP contribution in [0.3, 0.4) is 0 Å². The second-order valence-corrected chi connectivity index (χ2v) is 5.49. The van der Waals surface area contributed by atoms with E-state index in [0.717, 1.165) is 18.0 Å². The molecule has 2 aromatic carbocycles. The summed E-state index contributed by atoms with van der Waals surface area (Å²) in [5.74, 6) is 1.69. The molecule has 1 N–H and O–H groups in total. The largest absolute Gasteiger partial charge is 0.486 e. The van der Waals surface area contributed by atoms with Crippen molar-refractivity contribution in [3.63, 3.8) is 0 Å². The molecule has 1 unspecified atom stereocenters. The monoisotopic (exact) mass is 283 g/mol. The Morgan fingerprint density at radius 2 is 1.71 bits per heavy atom. The first-order valence-electron chi connectivity index (χ1n) is 7.41. The summed E-state index contributed by atoms with van der Waals surface area (Å²) >= 11 is 0. The summed E-state index contributed by atoms with van der Waals surface area (Å²) < 4.78 is 11.2. The van der Waals surface area contributed by atoms with Gasteiger partial charge in [0, 0.05) is 12.6 Å². The summed E-state index contributed by atoms with van der Waals surface area (Å²) in [6, 6.07) is 15.1. The molecule has 0 bridgehead atoms. The molecule has 3 nitrogen and oxygen atoms in total. The van der Waals surface area contributed by atoms with Gasteiger partial charge in [0.05, 0.1) is 0 Å². The molecule has 1 aliphatic rings. The summed E-state index contributed by atoms with van der Waals surface area (Å²) in [7, 11) is 0. The van der Waals surface area contributed by atoms with Crippen molar-refractivity contribution < 1.29 is 9.47 Å². The highest BCUT2D eigenvalue weighted by atomic mass is 16.6. The number of nitrogens with one attached hydrogen (secondary N) is 1. The Hall–Kier alpha value is -2.00. The molecule has 0 fully saturated rings. The van der Waals surface area contributed by atoms with Crippen molar-refractivity contribution >= 4 is 0 Å². The molecule has 110 valence electrons. The molecule has 3 rings (SSSR count). The third-order valence-electron chi connectivity index (χ3n) is 3.80. The summed E-state index contributed by atoms with van der Waals surface area (Å²) in [6.45, 7) is 6.37. The topological polar surface area (TPSA) is 30.5 Å². The Labute approximate surface area is 125 Å². The zero-order valence-corrected chi connectivity index (χ0v) is 12.6. The van der Waals surface area contributed by atoms with Crippen LogP contribution in [-0.4, -0.2) is 13.2 Å². The lowest BCUT2D eigenvalue weighted by molar-refractivity contribution is 0.171. The third-order valence-corrected chi connectivity index (χ3v) is 3.80. The molecule has 1 aliphatic heterocycles. The molecule has 0 saturated carbocycles. The molecule has 0 radical (unpaired) electrons. The molecule has 1 heterocycles. The quantitative estimate of drug-likeness (QED) is 0.929. The first-order chi connectivity index (χ1) is 10.2. The first kappa shape index (κ1) is 14.0. The van der Waals surface area contributed by atoms with E-state index in [2.05, 4.69) is 55.6 Å². The van der Waals surface area contributed by atoms with Crippen LogP contribution in [0.1, 0.15) is 29.7 Å². The Kier molecular flexibility index (Phi) is 4.11. The molecule has 1 atom stereocenters. The number of ether oxygens (including phenoxy) is 2. The Balaban J connectivity index is 1.63.